The Bertz CT molecular complexity index is 1100. The van der Waals surface area contributed by atoms with Crippen molar-refractivity contribution in [2.24, 2.45) is 10.1 Å². The highest BCUT2D eigenvalue weighted by molar-refractivity contribution is 6.42. The Morgan fingerprint density at radius 2 is 2.09 bits per heavy atom. The van der Waals surface area contributed by atoms with Gasteiger partial charge in [0.05, 0.1) is 28.3 Å². The molecule has 1 unspecified atom stereocenters. The van der Waals surface area contributed by atoms with E-state index >= 15 is 0 Å². The van der Waals surface area contributed by atoms with Gasteiger partial charge < -0.3 is 14.4 Å². The third-order valence-electron chi connectivity index (χ3n) is 4.50. The van der Waals surface area contributed by atoms with Crippen molar-refractivity contribution in [3.63, 3.8) is 0 Å². The summed E-state index contributed by atoms with van der Waals surface area (Å²) in [5.41, 5.74) is 1.15. The van der Waals surface area contributed by atoms with E-state index in [1.807, 2.05) is 6.07 Å². The normalized spacial score (nSPS) is 15.6. The number of para-hydroxylation sites is 1. The molecule has 0 saturated heterocycles. The van der Waals surface area contributed by atoms with Crippen molar-refractivity contribution in [3.05, 3.63) is 76.8 Å². The molecule has 164 valence electrons. The summed E-state index contributed by atoms with van der Waals surface area (Å²) >= 11 is 12.3. The van der Waals surface area contributed by atoms with Crippen LogP contribution in [0, 0.1) is 11.5 Å². The van der Waals surface area contributed by atoms with Crippen LogP contribution >= 0.6 is 23.2 Å². The number of carbonyl (C=O) groups is 1. The molecular weight excluding hydrogens is 453 g/mol. The highest BCUT2D eigenvalue weighted by Crippen LogP contribution is 2.27. The van der Waals surface area contributed by atoms with Crippen LogP contribution in [0.5, 0.6) is 5.75 Å². The lowest BCUT2D eigenvalue weighted by atomic mass is 10.0. The predicted molar refractivity (Wildman–Crippen MR) is 123 cm³/mol. The number of carbonyl (C=O) groups excluding carboxylic acids is 1. The fourth-order valence-corrected chi connectivity index (χ4v) is 3.25. The number of hydrazone groups is 1. The molecule has 0 N–H and O–H groups in total. The molecule has 10 heteroatoms. The van der Waals surface area contributed by atoms with Crippen molar-refractivity contribution in [2.45, 2.75) is 6.04 Å². The topological polar surface area (TPSA) is 90.5 Å². The van der Waals surface area contributed by atoms with Crippen molar-refractivity contribution in [3.8, 4) is 11.9 Å². The van der Waals surface area contributed by atoms with E-state index in [-0.39, 0.29) is 19.2 Å². The van der Waals surface area contributed by atoms with E-state index in [0.29, 0.717) is 27.1 Å². The first-order valence-corrected chi connectivity index (χ1v) is 10.2. The van der Waals surface area contributed by atoms with Crippen LogP contribution in [0.4, 0.5) is 4.79 Å². The second kappa shape index (κ2) is 10.7. The minimum absolute atomic E-state index is 0.0355. The van der Waals surface area contributed by atoms with Crippen LogP contribution in [0.15, 0.2) is 71.3 Å². The smallest absolute Gasteiger partial charge is 0.410 e. The van der Waals surface area contributed by atoms with Gasteiger partial charge in [-0.15, -0.1) is 4.99 Å². The molecule has 0 saturated carbocycles. The predicted octanol–water partition coefficient (Wildman–Crippen LogP) is 4.55. The Kier molecular flexibility index (Phi) is 7.71. The van der Waals surface area contributed by atoms with Crippen LogP contribution in [0.3, 0.4) is 0 Å². The first-order chi connectivity index (χ1) is 15.4. The van der Waals surface area contributed by atoms with Crippen LogP contribution in [0.25, 0.3) is 0 Å². The van der Waals surface area contributed by atoms with Crippen LogP contribution in [-0.4, -0.2) is 54.0 Å². The molecule has 1 aliphatic rings. The van der Waals surface area contributed by atoms with E-state index in [1.54, 1.807) is 55.7 Å². The molecule has 0 bridgehead atoms. The maximum atomic E-state index is 12.5. The van der Waals surface area contributed by atoms with E-state index in [2.05, 4.69) is 16.7 Å². The van der Waals surface area contributed by atoms with Crippen LogP contribution in [0.2, 0.25) is 10.0 Å². The Morgan fingerprint density at radius 3 is 2.75 bits per heavy atom. The van der Waals surface area contributed by atoms with Crippen molar-refractivity contribution >= 4 is 41.0 Å². The molecule has 8 nitrogen and oxygen atoms in total. The van der Waals surface area contributed by atoms with Gasteiger partial charge in [0.1, 0.15) is 12.4 Å². The Hall–Kier alpha value is -3.54. The van der Waals surface area contributed by atoms with Gasteiger partial charge in [-0.3, -0.25) is 0 Å². The molecule has 2 aromatic rings. The number of halogens is 2. The summed E-state index contributed by atoms with van der Waals surface area (Å²) in [4.78, 5) is 17.7. The second-order valence-electron chi connectivity index (χ2n) is 6.60. The third kappa shape index (κ3) is 5.38. The number of ether oxygens (including phenoxy) is 2. The first-order valence-electron chi connectivity index (χ1n) is 9.46. The number of rotatable bonds is 5. The van der Waals surface area contributed by atoms with E-state index in [4.69, 9.17) is 37.9 Å². The lowest BCUT2D eigenvalue weighted by molar-refractivity contribution is 0.114. The minimum atomic E-state index is -0.563. The summed E-state index contributed by atoms with van der Waals surface area (Å²) in [7, 11) is 1.59. The van der Waals surface area contributed by atoms with E-state index in [1.165, 1.54) is 16.0 Å². The van der Waals surface area contributed by atoms with E-state index < -0.39 is 12.1 Å². The van der Waals surface area contributed by atoms with Crippen LogP contribution in [0.1, 0.15) is 5.56 Å². The standard InChI is InChI=1S/C22H19Cl2N5O3/c1-3-11-31-22(30)28(2)19-13-29(21(26-14-25)32-16-7-5-4-6-8-16)27-20(19)15-9-10-17(23)18(24)12-15/h3-10,12,19H,1,11,13H2,2H3. The summed E-state index contributed by atoms with van der Waals surface area (Å²) in [5, 5.41) is 15.9. The number of benzene rings is 2. The number of nitrogens with zero attached hydrogens (tertiary/aromatic N) is 5. The number of aliphatic imine (C=N–C) groups is 1. The SMILES string of the molecule is C=CCOC(=O)N(C)C1CN(C(=NC#N)Oc2ccccc2)N=C1c1ccc(Cl)c(Cl)c1. The molecule has 0 aliphatic carbocycles. The van der Waals surface area contributed by atoms with Gasteiger partial charge in [-0.1, -0.05) is 60.1 Å². The van der Waals surface area contributed by atoms with Gasteiger partial charge in [-0.2, -0.15) is 10.4 Å². The van der Waals surface area contributed by atoms with Gasteiger partial charge in [-0.25, -0.2) is 9.80 Å². The zero-order valence-electron chi connectivity index (χ0n) is 17.1. The zero-order valence-corrected chi connectivity index (χ0v) is 18.6. The number of amidine groups is 1. The number of amides is 1. The average Bonchev–Trinajstić information content (AvgIpc) is 3.24. The van der Waals surface area contributed by atoms with Gasteiger partial charge in [0.25, 0.3) is 0 Å². The molecule has 1 atom stereocenters. The number of likely N-dealkylation sites (N-methyl/N-ethyl adjacent to an activating group) is 1. The largest absolute Gasteiger partial charge is 0.445 e. The van der Waals surface area contributed by atoms with Gasteiger partial charge in [0.15, 0.2) is 0 Å². The van der Waals surface area contributed by atoms with E-state index in [9.17, 15) is 4.79 Å². The van der Waals surface area contributed by atoms with Gasteiger partial charge in [0.2, 0.25) is 6.19 Å². The number of nitriles is 1. The Morgan fingerprint density at radius 1 is 1.34 bits per heavy atom. The first kappa shape index (κ1) is 23.1. The second-order valence-corrected chi connectivity index (χ2v) is 7.41. The molecule has 1 aliphatic heterocycles. The van der Waals surface area contributed by atoms with Crippen molar-refractivity contribution in [1.82, 2.24) is 9.91 Å². The Labute approximate surface area is 195 Å². The molecular formula is C22H19Cl2N5O3. The molecule has 1 amide bonds. The third-order valence-corrected chi connectivity index (χ3v) is 5.24. The molecule has 0 fully saturated rings. The molecule has 2 aromatic carbocycles. The van der Waals surface area contributed by atoms with Gasteiger partial charge in [0, 0.05) is 12.6 Å². The summed E-state index contributed by atoms with van der Waals surface area (Å²) in [6, 6.07) is 13.3. The maximum absolute atomic E-state index is 12.5. The molecule has 0 spiro atoms. The van der Waals surface area contributed by atoms with Crippen molar-refractivity contribution in [1.29, 1.82) is 5.26 Å². The molecule has 0 radical (unpaired) electrons. The quantitative estimate of drug-likeness (QED) is 0.276. The molecule has 3 rings (SSSR count). The fourth-order valence-electron chi connectivity index (χ4n) is 2.95. The lowest BCUT2D eigenvalue weighted by Gasteiger charge is -2.25. The lowest BCUT2D eigenvalue weighted by Crippen LogP contribution is -2.45. The van der Waals surface area contributed by atoms with Crippen molar-refractivity contribution in [2.75, 3.05) is 20.2 Å². The summed E-state index contributed by atoms with van der Waals surface area (Å²) < 4.78 is 10.9. The Balaban J connectivity index is 1.97. The number of hydrogen-bond acceptors (Lipinski definition) is 6. The van der Waals surface area contributed by atoms with E-state index in [0.717, 1.165) is 0 Å². The van der Waals surface area contributed by atoms with Crippen LogP contribution in [-0.2, 0) is 4.74 Å². The van der Waals surface area contributed by atoms with Crippen molar-refractivity contribution < 1.29 is 14.3 Å². The maximum Gasteiger partial charge on any atom is 0.410 e. The summed E-state index contributed by atoms with van der Waals surface area (Å²) in [6.07, 6.45) is 2.64. The molecule has 1 heterocycles. The molecule has 0 aromatic heterocycles. The average molecular weight is 472 g/mol. The van der Waals surface area contributed by atoms with Gasteiger partial charge in [-0.05, 0) is 24.3 Å². The highest BCUT2D eigenvalue weighted by atomic mass is 35.5. The summed E-state index contributed by atoms with van der Waals surface area (Å²) in [6.45, 7) is 3.78. The number of hydrogen-bond donors (Lipinski definition) is 0. The fraction of sp³-hybridized carbons (Fsp3) is 0.182. The van der Waals surface area contributed by atoms with Gasteiger partial charge >= 0.3 is 12.1 Å². The zero-order chi connectivity index (χ0) is 23.1. The highest BCUT2D eigenvalue weighted by Gasteiger charge is 2.36. The monoisotopic (exact) mass is 471 g/mol. The minimum Gasteiger partial charge on any atom is -0.445 e. The van der Waals surface area contributed by atoms with Crippen LogP contribution < -0.4 is 4.74 Å². The summed E-state index contributed by atoms with van der Waals surface area (Å²) in [5.74, 6) is 0.481. The molecule has 32 heavy (non-hydrogen) atoms.